The number of aliphatic hydroxyl groups is 1. The summed E-state index contributed by atoms with van der Waals surface area (Å²) in [7, 11) is 0. The van der Waals surface area contributed by atoms with Crippen molar-refractivity contribution in [1.29, 1.82) is 0 Å². The Kier molecular flexibility index (Phi) is 6.00. The molecule has 0 radical (unpaired) electrons. The standard InChI is InChI=1S/C22H22F4N8O2/c23-12-3-2-11(6-13(12)24)21-32-19(33-5-1-4-22(28,8-33)16(35)17(25)26)14(36-21)7-34-10-31-15-18(27)29-9-30-20(15)34/h2-3,6,9-10,16-17,35H,1,4-5,7-8,28H2,(H2,27,29,30)/t16-,22-/m1/s1. The molecule has 0 amide bonds. The molecular weight excluding hydrogens is 484 g/mol. The van der Waals surface area contributed by atoms with E-state index >= 15 is 0 Å². The number of hydrogen-bond donors (Lipinski definition) is 3. The molecule has 5 rings (SSSR count). The highest BCUT2D eigenvalue weighted by molar-refractivity contribution is 5.81. The molecule has 190 valence electrons. The molecule has 0 unspecified atom stereocenters. The molecule has 1 fully saturated rings. The summed E-state index contributed by atoms with van der Waals surface area (Å²) in [4.78, 5) is 18.4. The molecule has 3 aromatic heterocycles. The first-order valence-corrected chi connectivity index (χ1v) is 11.0. The van der Waals surface area contributed by atoms with Crippen molar-refractivity contribution in [3.05, 3.63) is 48.2 Å². The summed E-state index contributed by atoms with van der Waals surface area (Å²) in [6, 6.07) is 3.20. The zero-order valence-electron chi connectivity index (χ0n) is 18.8. The van der Waals surface area contributed by atoms with Gasteiger partial charge in [0.25, 0.3) is 6.43 Å². The Labute approximate surface area is 201 Å². The molecule has 1 aliphatic rings. The number of nitrogens with zero attached hydrogens (tertiary/aromatic N) is 6. The molecule has 1 aliphatic heterocycles. The van der Waals surface area contributed by atoms with E-state index in [9.17, 15) is 22.7 Å². The van der Waals surface area contributed by atoms with Gasteiger partial charge in [-0.1, -0.05) is 0 Å². The second-order valence-corrected chi connectivity index (χ2v) is 8.74. The van der Waals surface area contributed by atoms with E-state index in [-0.39, 0.29) is 48.4 Å². The summed E-state index contributed by atoms with van der Waals surface area (Å²) in [6.07, 6.45) is -1.72. The Balaban J connectivity index is 1.56. The highest BCUT2D eigenvalue weighted by atomic mass is 19.3. The van der Waals surface area contributed by atoms with E-state index in [1.807, 2.05) is 0 Å². The summed E-state index contributed by atoms with van der Waals surface area (Å²) in [6.45, 7) is 0.310. The van der Waals surface area contributed by atoms with Crippen LogP contribution in [0.2, 0.25) is 0 Å². The predicted octanol–water partition coefficient (Wildman–Crippen LogP) is 2.31. The summed E-state index contributed by atoms with van der Waals surface area (Å²) >= 11 is 0. The Morgan fingerprint density at radius 2 is 1.97 bits per heavy atom. The molecule has 10 nitrogen and oxygen atoms in total. The van der Waals surface area contributed by atoms with Crippen LogP contribution < -0.4 is 16.4 Å². The van der Waals surface area contributed by atoms with Crippen LogP contribution in [0.4, 0.5) is 29.2 Å². The van der Waals surface area contributed by atoms with Gasteiger partial charge in [0.1, 0.15) is 17.9 Å². The average Bonchev–Trinajstić information content (AvgIpc) is 3.46. The maximum atomic E-state index is 13.9. The van der Waals surface area contributed by atoms with Crippen molar-refractivity contribution >= 4 is 22.8 Å². The van der Waals surface area contributed by atoms with Crippen LogP contribution in [-0.4, -0.2) is 60.8 Å². The normalized spacial score (nSPS) is 19.4. The molecule has 0 saturated carbocycles. The van der Waals surface area contributed by atoms with Gasteiger partial charge in [-0.05, 0) is 31.0 Å². The molecule has 14 heteroatoms. The highest BCUT2D eigenvalue weighted by Gasteiger charge is 2.44. The Morgan fingerprint density at radius 3 is 2.72 bits per heavy atom. The molecule has 5 N–H and O–H groups in total. The minimum atomic E-state index is -3.02. The van der Waals surface area contributed by atoms with Gasteiger partial charge in [0, 0.05) is 18.7 Å². The minimum Gasteiger partial charge on any atom is -0.437 e. The van der Waals surface area contributed by atoms with Crippen LogP contribution in [-0.2, 0) is 6.54 Å². The van der Waals surface area contributed by atoms with E-state index < -0.39 is 29.7 Å². The quantitative estimate of drug-likeness (QED) is 0.336. The van der Waals surface area contributed by atoms with Gasteiger partial charge in [-0.15, -0.1) is 0 Å². The number of benzene rings is 1. The summed E-state index contributed by atoms with van der Waals surface area (Å²) in [5.41, 5.74) is 11.4. The zero-order valence-corrected chi connectivity index (χ0v) is 18.8. The van der Waals surface area contributed by atoms with E-state index in [2.05, 4.69) is 19.9 Å². The molecule has 0 spiro atoms. The van der Waals surface area contributed by atoms with E-state index in [4.69, 9.17) is 15.9 Å². The smallest absolute Gasteiger partial charge is 0.265 e. The average molecular weight is 506 g/mol. The Hall–Kier alpha value is -3.78. The Bertz CT molecular complexity index is 1410. The molecular formula is C22H22F4N8O2. The summed E-state index contributed by atoms with van der Waals surface area (Å²) in [5.74, 6) is -1.42. The maximum absolute atomic E-state index is 13.9. The number of nitrogen functional groups attached to an aromatic ring is 1. The number of aliphatic hydroxyl groups excluding tert-OH is 1. The minimum absolute atomic E-state index is 0.0138. The third kappa shape index (κ3) is 4.22. The molecule has 1 aromatic carbocycles. The second kappa shape index (κ2) is 9.02. The van der Waals surface area contributed by atoms with Gasteiger partial charge in [-0.2, -0.15) is 4.98 Å². The molecule has 4 heterocycles. The second-order valence-electron chi connectivity index (χ2n) is 8.74. The van der Waals surface area contributed by atoms with Crippen LogP contribution in [0, 0.1) is 11.6 Å². The van der Waals surface area contributed by atoms with Gasteiger partial charge in [0.2, 0.25) is 5.89 Å². The summed E-state index contributed by atoms with van der Waals surface area (Å²) in [5, 5.41) is 10.1. The van der Waals surface area contributed by atoms with Gasteiger partial charge in [-0.25, -0.2) is 32.5 Å². The number of aromatic nitrogens is 5. The topological polar surface area (TPSA) is 145 Å². The lowest BCUT2D eigenvalue weighted by Gasteiger charge is -2.42. The number of nitrogens with two attached hydrogens (primary N) is 2. The van der Waals surface area contributed by atoms with Crippen LogP contribution in [0.5, 0.6) is 0 Å². The number of anilines is 2. The number of imidazole rings is 1. The highest BCUT2D eigenvalue weighted by Crippen LogP contribution is 2.34. The molecule has 36 heavy (non-hydrogen) atoms. The molecule has 1 saturated heterocycles. The van der Waals surface area contributed by atoms with Crippen molar-refractivity contribution in [2.24, 2.45) is 5.73 Å². The zero-order chi connectivity index (χ0) is 25.6. The molecule has 0 aliphatic carbocycles. The van der Waals surface area contributed by atoms with Crippen molar-refractivity contribution in [3.8, 4) is 11.5 Å². The number of fused-ring (bicyclic) bond motifs is 1. The fourth-order valence-corrected chi connectivity index (χ4v) is 4.40. The van der Waals surface area contributed by atoms with E-state index in [1.165, 1.54) is 18.7 Å². The van der Waals surface area contributed by atoms with Gasteiger partial charge < -0.3 is 30.5 Å². The SMILES string of the molecule is Nc1ncnc2c1ncn2Cc1oc(-c2ccc(F)c(F)c2)nc1N1CCC[C@](N)([C@H](O)C(F)F)C1. The van der Waals surface area contributed by atoms with Gasteiger partial charge >= 0.3 is 0 Å². The van der Waals surface area contributed by atoms with E-state index in [0.717, 1.165) is 12.1 Å². The van der Waals surface area contributed by atoms with Gasteiger partial charge in [0.15, 0.2) is 34.7 Å². The number of rotatable bonds is 6. The van der Waals surface area contributed by atoms with E-state index in [1.54, 1.807) is 9.47 Å². The first-order chi connectivity index (χ1) is 17.2. The largest absolute Gasteiger partial charge is 0.437 e. The van der Waals surface area contributed by atoms with Crippen LogP contribution >= 0.6 is 0 Å². The van der Waals surface area contributed by atoms with Crippen molar-refractivity contribution in [3.63, 3.8) is 0 Å². The van der Waals surface area contributed by atoms with Crippen LogP contribution in [0.25, 0.3) is 22.6 Å². The van der Waals surface area contributed by atoms with Crippen LogP contribution in [0.3, 0.4) is 0 Å². The predicted molar refractivity (Wildman–Crippen MR) is 121 cm³/mol. The lowest BCUT2D eigenvalue weighted by molar-refractivity contribution is -0.0529. The number of hydrogen-bond acceptors (Lipinski definition) is 9. The number of alkyl halides is 2. The monoisotopic (exact) mass is 506 g/mol. The molecule has 2 atom stereocenters. The van der Waals surface area contributed by atoms with Crippen molar-refractivity contribution in [1.82, 2.24) is 24.5 Å². The third-order valence-electron chi connectivity index (χ3n) is 6.27. The lowest BCUT2D eigenvalue weighted by Crippen LogP contribution is -2.63. The number of piperidine rings is 1. The number of oxazole rings is 1. The first kappa shape index (κ1) is 23.9. The Morgan fingerprint density at radius 1 is 1.17 bits per heavy atom. The lowest BCUT2D eigenvalue weighted by atomic mass is 9.84. The van der Waals surface area contributed by atoms with Crippen molar-refractivity contribution < 1.29 is 27.1 Å². The third-order valence-corrected chi connectivity index (χ3v) is 6.27. The summed E-state index contributed by atoms with van der Waals surface area (Å²) < 4.78 is 61.6. The van der Waals surface area contributed by atoms with Crippen molar-refractivity contribution in [2.75, 3.05) is 23.7 Å². The fourth-order valence-electron chi connectivity index (χ4n) is 4.40. The molecule has 4 aromatic rings. The fraction of sp³-hybridized carbons (Fsp3) is 0.364. The van der Waals surface area contributed by atoms with Gasteiger partial charge in [0.05, 0.1) is 18.4 Å². The van der Waals surface area contributed by atoms with E-state index in [0.29, 0.717) is 24.1 Å². The maximum Gasteiger partial charge on any atom is 0.265 e. The molecule has 0 bridgehead atoms. The van der Waals surface area contributed by atoms with Crippen LogP contribution in [0.1, 0.15) is 18.6 Å². The van der Waals surface area contributed by atoms with Crippen molar-refractivity contribution in [2.45, 2.75) is 37.5 Å². The van der Waals surface area contributed by atoms with Crippen LogP contribution in [0.15, 0.2) is 35.3 Å². The first-order valence-electron chi connectivity index (χ1n) is 11.0. The van der Waals surface area contributed by atoms with Gasteiger partial charge in [-0.3, -0.25) is 0 Å². The number of halogens is 4.